The Morgan fingerprint density at radius 1 is 0.923 bits per heavy atom. The summed E-state index contributed by atoms with van der Waals surface area (Å²) in [6.07, 6.45) is 3.70. The van der Waals surface area contributed by atoms with Gasteiger partial charge in [0.15, 0.2) is 8.32 Å². The van der Waals surface area contributed by atoms with E-state index in [1.807, 2.05) is 0 Å². The van der Waals surface area contributed by atoms with Crippen molar-refractivity contribution >= 4 is 33.3 Å². The molecule has 0 radical (unpaired) electrons. The zero-order chi connectivity index (χ0) is 28.7. The van der Waals surface area contributed by atoms with Crippen molar-refractivity contribution < 1.29 is 18.4 Å². The second-order valence-electron chi connectivity index (χ2n) is 14.5. The number of fused-ring (bicyclic) bond motifs is 2. The van der Waals surface area contributed by atoms with Crippen molar-refractivity contribution in [3.05, 3.63) is 60.7 Å². The van der Waals surface area contributed by atoms with Gasteiger partial charge in [-0.2, -0.15) is 0 Å². The van der Waals surface area contributed by atoms with Crippen LogP contribution >= 0.6 is 0 Å². The lowest BCUT2D eigenvalue weighted by molar-refractivity contribution is -0.136. The molecule has 0 N–H and O–H groups in total. The molecule has 214 valence electrons. The van der Waals surface area contributed by atoms with Gasteiger partial charge in [-0.3, -0.25) is 0 Å². The number of rotatable bonds is 9. The van der Waals surface area contributed by atoms with Gasteiger partial charge >= 0.3 is 0 Å². The first-order chi connectivity index (χ1) is 18.2. The summed E-state index contributed by atoms with van der Waals surface area (Å²) in [4.78, 5) is 12.5. The molecule has 2 aromatic rings. The molecule has 0 amide bonds. The summed E-state index contributed by atoms with van der Waals surface area (Å²) in [5.74, 6) is -0.0544. The molecule has 5 atom stereocenters. The zero-order valence-corrected chi connectivity index (χ0v) is 27.6. The van der Waals surface area contributed by atoms with Crippen molar-refractivity contribution in [1.82, 2.24) is 0 Å². The van der Waals surface area contributed by atoms with Crippen molar-refractivity contribution in [2.24, 2.45) is 11.8 Å². The molecule has 0 saturated carbocycles. The Balaban J connectivity index is 1.64. The van der Waals surface area contributed by atoms with Gasteiger partial charge in [0.05, 0.1) is 17.8 Å². The fraction of sp³-hybridized carbons (Fsp3) is 0.606. The first kappa shape index (κ1) is 30.4. The van der Waals surface area contributed by atoms with Crippen LogP contribution in [0.15, 0.2) is 60.7 Å². The molecule has 0 spiro atoms. The van der Waals surface area contributed by atoms with E-state index in [9.17, 15) is 4.79 Å². The van der Waals surface area contributed by atoms with Gasteiger partial charge in [0.25, 0.3) is 8.32 Å². The Labute approximate surface area is 239 Å². The number of carbonyl (C=O) groups excluding carboxylic acids is 1. The van der Waals surface area contributed by atoms with Crippen LogP contribution in [0.5, 0.6) is 0 Å². The van der Waals surface area contributed by atoms with Crippen LogP contribution in [0.1, 0.15) is 67.7 Å². The Morgan fingerprint density at radius 2 is 1.46 bits per heavy atom. The zero-order valence-electron chi connectivity index (χ0n) is 25.6. The second kappa shape index (κ2) is 11.0. The number of hydrogen-bond donors (Lipinski definition) is 0. The minimum atomic E-state index is -2.64. The Bertz CT molecular complexity index is 1070. The smallest absolute Gasteiger partial charge is 0.261 e. The van der Waals surface area contributed by atoms with Gasteiger partial charge in [-0.05, 0) is 59.7 Å². The minimum absolute atomic E-state index is 0.0294. The van der Waals surface area contributed by atoms with Gasteiger partial charge in [-0.15, -0.1) is 0 Å². The molecule has 2 bridgehead atoms. The summed E-state index contributed by atoms with van der Waals surface area (Å²) in [6.45, 7) is 21.1. The molecule has 2 fully saturated rings. The van der Waals surface area contributed by atoms with Gasteiger partial charge in [0.1, 0.15) is 6.29 Å². The Hall–Kier alpha value is -1.58. The average Bonchev–Trinajstić information content (AvgIpc) is 3.09. The standard InChI is InChI=1S/C33H50O4Si2/c1-31(2,3)38(8,9)37-29-20-22-33(7)28(24-34)27(30(29)36-33)21-23-35-39(32(4,5)6,25-16-12-10-13-17-25)26-18-14-11-15-19-26/h10-19,24,27-30H,20-23H2,1-9H3/t27-,28+,29+,30-,33-/m1/s1. The molecule has 2 heterocycles. The highest BCUT2D eigenvalue weighted by molar-refractivity contribution is 6.99. The van der Waals surface area contributed by atoms with Gasteiger partial charge in [-0.25, -0.2) is 0 Å². The highest BCUT2D eigenvalue weighted by atomic mass is 28.4. The molecule has 0 aromatic heterocycles. The normalized spacial score (nSPS) is 27.9. The van der Waals surface area contributed by atoms with Crippen LogP contribution in [0.2, 0.25) is 23.2 Å². The third-order valence-electron chi connectivity index (χ3n) is 9.87. The molecule has 2 saturated heterocycles. The SMILES string of the molecule is CC(C)(C)[Si](C)(C)O[C@H]1CC[C@@]2(C)O[C@@H]1[C@H](CCO[Si](c1ccccc1)(c1ccccc1)C(C)(C)C)[C@@H]2C=O. The lowest BCUT2D eigenvalue weighted by atomic mass is 9.80. The summed E-state index contributed by atoms with van der Waals surface area (Å²) in [7, 11) is -4.62. The Morgan fingerprint density at radius 3 is 1.92 bits per heavy atom. The molecule has 0 aliphatic carbocycles. The van der Waals surface area contributed by atoms with Crippen LogP contribution in [0.3, 0.4) is 0 Å². The quantitative estimate of drug-likeness (QED) is 0.249. The number of carbonyl (C=O) groups is 1. The van der Waals surface area contributed by atoms with Crippen molar-refractivity contribution in [3.63, 3.8) is 0 Å². The summed E-state index contributed by atoms with van der Waals surface area (Å²) >= 11 is 0. The van der Waals surface area contributed by atoms with Crippen molar-refractivity contribution in [1.29, 1.82) is 0 Å². The number of ether oxygens (including phenoxy) is 1. The van der Waals surface area contributed by atoms with Crippen molar-refractivity contribution in [2.75, 3.05) is 6.61 Å². The predicted octanol–water partition coefficient (Wildman–Crippen LogP) is 6.73. The molecule has 2 aromatic carbocycles. The van der Waals surface area contributed by atoms with E-state index in [4.69, 9.17) is 13.6 Å². The fourth-order valence-electron chi connectivity index (χ4n) is 6.68. The number of hydrogen-bond acceptors (Lipinski definition) is 4. The lowest BCUT2D eigenvalue weighted by Gasteiger charge is -2.44. The topological polar surface area (TPSA) is 44.8 Å². The monoisotopic (exact) mass is 566 g/mol. The summed E-state index contributed by atoms with van der Waals surface area (Å²) in [6, 6.07) is 21.6. The first-order valence-electron chi connectivity index (χ1n) is 14.7. The van der Waals surface area contributed by atoms with E-state index in [1.165, 1.54) is 10.4 Å². The van der Waals surface area contributed by atoms with E-state index in [1.54, 1.807) is 0 Å². The van der Waals surface area contributed by atoms with Gasteiger partial charge in [-0.1, -0.05) is 102 Å². The lowest BCUT2D eigenvalue weighted by Crippen LogP contribution is -2.66. The van der Waals surface area contributed by atoms with Gasteiger partial charge in [0.2, 0.25) is 0 Å². The summed E-state index contributed by atoms with van der Waals surface area (Å²) in [5.41, 5.74) is -0.415. The molecule has 2 aliphatic rings. The average molecular weight is 567 g/mol. The maximum absolute atomic E-state index is 12.5. The fourth-order valence-corrected chi connectivity index (χ4v) is 12.6. The van der Waals surface area contributed by atoms with Crippen LogP contribution in [0.25, 0.3) is 0 Å². The first-order valence-corrected chi connectivity index (χ1v) is 19.5. The molecular weight excluding hydrogens is 517 g/mol. The molecule has 4 rings (SSSR count). The van der Waals surface area contributed by atoms with Gasteiger partial charge < -0.3 is 18.4 Å². The number of benzene rings is 2. The minimum Gasteiger partial charge on any atom is -0.411 e. The van der Waals surface area contributed by atoms with Crippen molar-refractivity contribution in [2.45, 2.75) is 109 Å². The molecular formula is C33H50O4Si2. The molecule has 2 aliphatic heterocycles. The van der Waals surface area contributed by atoms with E-state index >= 15 is 0 Å². The molecule has 0 unspecified atom stereocenters. The molecule has 39 heavy (non-hydrogen) atoms. The van der Waals surface area contributed by atoms with Crippen LogP contribution in [0, 0.1) is 11.8 Å². The largest absolute Gasteiger partial charge is 0.411 e. The Kier molecular flexibility index (Phi) is 8.58. The van der Waals surface area contributed by atoms with Crippen LogP contribution in [-0.2, 0) is 18.4 Å². The van der Waals surface area contributed by atoms with E-state index in [0.717, 1.165) is 25.5 Å². The maximum atomic E-state index is 12.5. The van der Waals surface area contributed by atoms with E-state index in [-0.39, 0.29) is 34.1 Å². The van der Waals surface area contributed by atoms with Gasteiger partial charge in [0, 0.05) is 18.4 Å². The third kappa shape index (κ3) is 5.65. The third-order valence-corrected chi connectivity index (χ3v) is 19.4. The summed E-state index contributed by atoms with van der Waals surface area (Å²) < 4.78 is 20.9. The van der Waals surface area contributed by atoms with Crippen molar-refractivity contribution in [3.8, 4) is 0 Å². The highest BCUT2D eigenvalue weighted by Gasteiger charge is 2.59. The van der Waals surface area contributed by atoms with E-state index in [0.29, 0.717) is 6.61 Å². The molecule has 4 nitrogen and oxygen atoms in total. The van der Waals surface area contributed by atoms with Crippen LogP contribution in [0.4, 0.5) is 0 Å². The highest BCUT2D eigenvalue weighted by Crippen LogP contribution is 2.52. The predicted molar refractivity (Wildman–Crippen MR) is 166 cm³/mol. The van der Waals surface area contributed by atoms with Crippen LogP contribution < -0.4 is 10.4 Å². The maximum Gasteiger partial charge on any atom is 0.261 e. The molecule has 6 heteroatoms. The van der Waals surface area contributed by atoms with E-state index < -0.39 is 22.2 Å². The number of aldehydes is 1. The van der Waals surface area contributed by atoms with E-state index in [2.05, 4.69) is 122 Å². The van der Waals surface area contributed by atoms with Crippen LogP contribution in [-0.4, -0.2) is 47.3 Å². The summed E-state index contributed by atoms with van der Waals surface area (Å²) in [5, 5.41) is 2.60. The second-order valence-corrected chi connectivity index (χ2v) is 23.5.